The molecule has 1 N–H and O–H groups in total. The van der Waals surface area contributed by atoms with E-state index < -0.39 is 16.5 Å². The lowest BCUT2D eigenvalue weighted by molar-refractivity contribution is 0.259. The highest BCUT2D eigenvalue weighted by Gasteiger charge is 2.07. The third-order valence-electron chi connectivity index (χ3n) is 2.44. The average molecular weight is 391 g/mol. The smallest absolute Gasteiger partial charge is 0.362 e. The number of nitrogens with one attached hydrogen (secondary N) is 1. The molecular formula is C16H17N5O5S. The van der Waals surface area contributed by atoms with Crippen molar-refractivity contribution in [2.45, 2.75) is 13.8 Å². The van der Waals surface area contributed by atoms with E-state index in [2.05, 4.69) is 30.6 Å². The number of hydrogen-bond acceptors (Lipinski definition) is 8. The lowest BCUT2D eigenvalue weighted by Crippen LogP contribution is -2.11. The van der Waals surface area contributed by atoms with E-state index in [9.17, 15) is 13.2 Å². The van der Waals surface area contributed by atoms with E-state index in [0.29, 0.717) is 19.0 Å². The largest absolute Gasteiger partial charge is 0.481 e. The summed E-state index contributed by atoms with van der Waals surface area (Å²) in [6, 6.07) is 8.44. The molecule has 1 aromatic heterocycles. The van der Waals surface area contributed by atoms with E-state index in [4.69, 9.17) is 15.9 Å². The summed E-state index contributed by atoms with van der Waals surface area (Å²) in [6.07, 6.45) is 5.00. The fourth-order valence-corrected chi connectivity index (χ4v) is 1.72. The van der Waals surface area contributed by atoms with Gasteiger partial charge in [-0.05, 0) is 26.0 Å². The average Bonchev–Trinajstić information content (AvgIpc) is 2.60. The van der Waals surface area contributed by atoms with E-state index in [-0.39, 0.29) is 12.0 Å². The van der Waals surface area contributed by atoms with Gasteiger partial charge in [0, 0.05) is 0 Å². The Labute approximate surface area is 157 Å². The number of carbonyl (C=O) groups is 1. The lowest BCUT2D eigenvalue weighted by Gasteiger charge is -2.04. The van der Waals surface area contributed by atoms with Crippen molar-refractivity contribution in [2.24, 2.45) is 4.36 Å². The molecule has 0 saturated carbocycles. The van der Waals surface area contributed by atoms with Crippen molar-refractivity contribution in [3.63, 3.8) is 0 Å². The Kier molecular flexibility index (Phi) is 9.51. The molecule has 142 valence electrons. The summed E-state index contributed by atoms with van der Waals surface area (Å²) in [5, 5.41) is 2.07. The molecule has 0 fully saturated rings. The Morgan fingerprint density at radius 3 is 2.52 bits per heavy atom. The van der Waals surface area contributed by atoms with Crippen LogP contribution >= 0.6 is 0 Å². The minimum Gasteiger partial charge on any atom is -0.481 e. The predicted molar refractivity (Wildman–Crippen MR) is 96.9 cm³/mol. The molecule has 2 aromatic rings. The number of anilines is 1. The Morgan fingerprint density at radius 1 is 1.22 bits per heavy atom. The first-order valence-corrected chi connectivity index (χ1v) is 8.56. The summed E-state index contributed by atoms with van der Waals surface area (Å²) in [6.45, 7) is 4.01. The maximum atomic E-state index is 11.0. The molecule has 10 nitrogen and oxygen atoms in total. The SMILES string of the molecule is C#CCOc1ccccc1.CCOc1nc(C)nc(NC(=O)N=S(=O)=O)n1. The first-order chi connectivity index (χ1) is 12.9. The fraction of sp³-hybridized carbons (Fsp3) is 0.250. The summed E-state index contributed by atoms with van der Waals surface area (Å²) in [4.78, 5) is 22.3. The maximum Gasteiger partial charge on any atom is 0.362 e. The van der Waals surface area contributed by atoms with Crippen molar-refractivity contribution >= 4 is 22.5 Å². The molecule has 0 aliphatic rings. The van der Waals surface area contributed by atoms with Gasteiger partial charge in [0.25, 0.3) is 0 Å². The third-order valence-corrected chi connectivity index (χ3v) is 2.76. The van der Waals surface area contributed by atoms with Gasteiger partial charge in [0.2, 0.25) is 5.95 Å². The van der Waals surface area contributed by atoms with Crippen LogP contribution in [0.15, 0.2) is 34.7 Å². The molecule has 2 amide bonds. The first kappa shape index (κ1) is 21.5. The zero-order chi connectivity index (χ0) is 20.1. The summed E-state index contributed by atoms with van der Waals surface area (Å²) in [5.74, 6) is 3.41. The van der Waals surface area contributed by atoms with E-state index in [1.54, 1.807) is 13.8 Å². The molecule has 27 heavy (non-hydrogen) atoms. The summed E-state index contributed by atoms with van der Waals surface area (Å²) in [5.41, 5.74) is 0. The van der Waals surface area contributed by atoms with Crippen molar-refractivity contribution in [2.75, 3.05) is 18.5 Å². The Morgan fingerprint density at radius 2 is 1.93 bits per heavy atom. The number of aromatic nitrogens is 3. The number of amides is 2. The van der Waals surface area contributed by atoms with Crippen molar-refractivity contribution in [3.8, 4) is 24.1 Å². The van der Waals surface area contributed by atoms with Gasteiger partial charge in [-0.15, -0.1) is 6.42 Å². The van der Waals surface area contributed by atoms with Crippen LogP contribution in [-0.2, 0) is 10.5 Å². The molecular weight excluding hydrogens is 374 g/mol. The van der Waals surface area contributed by atoms with Crippen molar-refractivity contribution < 1.29 is 22.7 Å². The number of para-hydroxylation sites is 1. The number of carbonyl (C=O) groups excluding carboxylic acids is 1. The van der Waals surface area contributed by atoms with E-state index in [1.165, 1.54) is 0 Å². The zero-order valence-electron chi connectivity index (χ0n) is 14.6. The van der Waals surface area contributed by atoms with Gasteiger partial charge in [-0.1, -0.05) is 28.5 Å². The van der Waals surface area contributed by atoms with Crippen LogP contribution in [0.4, 0.5) is 10.7 Å². The predicted octanol–water partition coefficient (Wildman–Crippen LogP) is 1.87. The minimum absolute atomic E-state index is 0.0403. The second-order valence-corrected chi connectivity index (χ2v) is 5.08. The minimum atomic E-state index is -2.82. The number of hydrogen-bond donors (Lipinski definition) is 1. The van der Waals surface area contributed by atoms with Gasteiger partial charge in [0.15, 0.2) is 0 Å². The Bertz CT molecular complexity index is 918. The van der Waals surface area contributed by atoms with Crippen molar-refractivity contribution in [3.05, 3.63) is 36.2 Å². The van der Waals surface area contributed by atoms with Crippen molar-refractivity contribution in [1.82, 2.24) is 15.0 Å². The molecule has 0 bridgehead atoms. The summed E-state index contributed by atoms with van der Waals surface area (Å²) < 4.78 is 33.1. The van der Waals surface area contributed by atoms with Gasteiger partial charge >= 0.3 is 22.5 Å². The number of urea groups is 1. The molecule has 0 radical (unpaired) electrons. The van der Waals surface area contributed by atoms with Crippen LogP contribution in [0.25, 0.3) is 0 Å². The van der Waals surface area contributed by atoms with E-state index in [0.717, 1.165) is 5.75 Å². The Balaban J connectivity index is 0.000000309. The van der Waals surface area contributed by atoms with E-state index in [1.807, 2.05) is 30.3 Å². The fourth-order valence-electron chi connectivity index (χ4n) is 1.53. The van der Waals surface area contributed by atoms with Crippen LogP contribution in [0.2, 0.25) is 0 Å². The van der Waals surface area contributed by atoms with Crippen LogP contribution in [0.5, 0.6) is 11.8 Å². The molecule has 0 spiro atoms. The van der Waals surface area contributed by atoms with Gasteiger partial charge in [-0.3, -0.25) is 5.32 Å². The Hall–Kier alpha value is -3.52. The molecule has 11 heteroatoms. The molecule has 0 atom stereocenters. The van der Waals surface area contributed by atoms with Crippen LogP contribution in [-0.4, -0.2) is 42.6 Å². The third kappa shape index (κ3) is 9.51. The number of nitrogens with zero attached hydrogens (tertiary/aromatic N) is 4. The zero-order valence-corrected chi connectivity index (χ0v) is 15.4. The highest BCUT2D eigenvalue weighted by molar-refractivity contribution is 7.62. The molecule has 1 heterocycles. The van der Waals surface area contributed by atoms with Gasteiger partial charge in [0.05, 0.1) is 6.61 Å². The first-order valence-electron chi connectivity index (χ1n) is 7.53. The molecule has 0 aliphatic carbocycles. The molecule has 0 saturated heterocycles. The number of aryl methyl sites for hydroxylation is 1. The lowest BCUT2D eigenvalue weighted by atomic mass is 10.3. The maximum absolute atomic E-state index is 11.0. The highest BCUT2D eigenvalue weighted by atomic mass is 32.2. The van der Waals surface area contributed by atoms with Gasteiger partial charge < -0.3 is 9.47 Å². The highest BCUT2D eigenvalue weighted by Crippen LogP contribution is 2.08. The van der Waals surface area contributed by atoms with Crippen LogP contribution < -0.4 is 14.8 Å². The second kappa shape index (κ2) is 11.9. The monoisotopic (exact) mass is 391 g/mol. The summed E-state index contributed by atoms with van der Waals surface area (Å²) >= 11 is 0. The second-order valence-electron chi connectivity index (χ2n) is 4.47. The molecule has 2 rings (SSSR count). The van der Waals surface area contributed by atoms with Crippen LogP contribution in [0.1, 0.15) is 12.7 Å². The van der Waals surface area contributed by atoms with Gasteiger partial charge in [0.1, 0.15) is 18.2 Å². The number of terminal acetylenes is 1. The normalized spacial score (nSPS) is 9.07. The molecule has 0 unspecified atom stereocenters. The molecule has 1 aromatic carbocycles. The topological polar surface area (TPSA) is 133 Å². The number of benzene rings is 1. The quantitative estimate of drug-likeness (QED) is 0.764. The standard InChI is InChI=1S/C9H8O.C7H9N5O4S/c1-2-8-10-9-6-4-3-5-7-9;1-3-16-7-9-4(2)8-5(11-7)10-6(13)12-17(14)15/h1,3-7H,8H2;3H2,1-2H3,(H,8,9,10,11,13). The van der Waals surface area contributed by atoms with Crippen LogP contribution in [0, 0.1) is 19.3 Å². The number of rotatable bonds is 5. The number of ether oxygens (including phenoxy) is 2. The van der Waals surface area contributed by atoms with Crippen molar-refractivity contribution in [1.29, 1.82) is 0 Å². The van der Waals surface area contributed by atoms with E-state index >= 15 is 0 Å². The summed E-state index contributed by atoms with van der Waals surface area (Å²) in [7, 11) is -2.82. The molecule has 0 aliphatic heterocycles. The van der Waals surface area contributed by atoms with Gasteiger partial charge in [-0.25, -0.2) is 4.79 Å². The van der Waals surface area contributed by atoms with Gasteiger partial charge in [-0.2, -0.15) is 23.4 Å². The van der Waals surface area contributed by atoms with Crippen LogP contribution in [0.3, 0.4) is 0 Å².